The number of benzene rings is 1. The van der Waals surface area contributed by atoms with Crippen molar-refractivity contribution in [2.24, 2.45) is 10.9 Å². The maximum absolute atomic E-state index is 11.6. The van der Waals surface area contributed by atoms with Crippen LogP contribution in [0.5, 0.6) is 5.75 Å². The molecule has 0 bridgehead atoms. The zero-order valence-corrected chi connectivity index (χ0v) is 15.3. The smallest absolute Gasteiger partial charge is 0.223 e. The van der Waals surface area contributed by atoms with Crippen LogP contribution in [0.1, 0.15) is 31.7 Å². The number of ether oxygens (including phenoxy) is 1. The molecule has 1 aromatic carbocycles. The van der Waals surface area contributed by atoms with Gasteiger partial charge in [0.2, 0.25) is 5.91 Å². The minimum Gasteiger partial charge on any atom is -0.494 e. The molecule has 0 aliphatic heterocycles. The molecule has 0 spiro atoms. The Morgan fingerprint density at radius 2 is 1.88 bits per heavy atom. The van der Waals surface area contributed by atoms with E-state index in [1.807, 2.05) is 31.2 Å². The van der Waals surface area contributed by atoms with E-state index in [1.54, 1.807) is 0 Å². The number of aryl methyl sites for hydroxylation is 1. The van der Waals surface area contributed by atoms with Gasteiger partial charge in [0.1, 0.15) is 5.75 Å². The summed E-state index contributed by atoms with van der Waals surface area (Å²) in [6.07, 6.45) is 2.92. The van der Waals surface area contributed by atoms with Crippen molar-refractivity contribution in [2.75, 3.05) is 32.8 Å². The fourth-order valence-electron chi connectivity index (χ4n) is 2.28. The Labute approximate surface area is 150 Å². The van der Waals surface area contributed by atoms with Crippen LogP contribution in [0.4, 0.5) is 0 Å². The third kappa shape index (κ3) is 7.92. The summed E-state index contributed by atoms with van der Waals surface area (Å²) < 4.78 is 5.70. The van der Waals surface area contributed by atoms with Crippen molar-refractivity contribution in [3.63, 3.8) is 0 Å². The number of hydrogen-bond donors (Lipinski definition) is 3. The summed E-state index contributed by atoms with van der Waals surface area (Å²) in [4.78, 5) is 16.1. The van der Waals surface area contributed by atoms with Crippen LogP contribution in [0.25, 0.3) is 0 Å². The van der Waals surface area contributed by atoms with Gasteiger partial charge < -0.3 is 20.7 Å². The predicted molar refractivity (Wildman–Crippen MR) is 101 cm³/mol. The Morgan fingerprint density at radius 3 is 2.56 bits per heavy atom. The SMILES string of the molecule is CCNC(=NCCCOc1ccc(C)cc1)NCCNC(=O)C1CC1. The molecule has 0 aromatic heterocycles. The highest BCUT2D eigenvalue weighted by atomic mass is 16.5. The van der Waals surface area contributed by atoms with Crippen LogP contribution < -0.4 is 20.7 Å². The highest BCUT2D eigenvalue weighted by molar-refractivity contribution is 5.81. The summed E-state index contributed by atoms with van der Waals surface area (Å²) in [5, 5.41) is 9.38. The largest absolute Gasteiger partial charge is 0.494 e. The van der Waals surface area contributed by atoms with Gasteiger partial charge in [-0.3, -0.25) is 9.79 Å². The first kappa shape index (κ1) is 19.1. The molecule has 1 aliphatic rings. The van der Waals surface area contributed by atoms with Gasteiger partial charge in [-0.05, 0) is 38.8 Å². The average Bonchev–Trinajstić information content (AvgIpc) is 3.45. The fraction of sp³-hybridized carbons (Fsp3) is 0.579. The molecule has 1 saturated carbocycles. The van der Waals surface area contributed by atoms with E-state index >= 15 is 0 Å². The molecule has 0 atom stereocenters. The molecule has 3 N–H and O–H groups in total. The lowest BCUT2D eigenvalue weighted by molar-refractivity contribution is -0.122. The summed E-state index contributed by atoms with van der Waals surface area (Å²) in [6.45, 7) is 7.53. The zero-order chi connectivity index (χ0) is 17.9. The average molecular weight is 346 g/mol. The van der Waals surface area contributed by atoms with Crippen LogP contribution in [0.2, 0.25) is 0 Å². The number of carbonyl (C=O) groups excluding carboxylic acids is 1. The quantitative estimate of drug-likeness (QED) is 0.343. The number of amides is 1. The van der Waals surface area contributed by atoms with Gasteiger partial charge in [-0.15, -0.1) is 0 Å². The molecule has 2 rings (SSSR count). The fourth-order valence-corrected chi connectivity index (χ4v) is 2.28. The summed E-state index contributed by atoms with van der Waals surface area (Å²) in [6, 6.07) is 8.06. The van der Waals surface area contributed by atoms with Crippen LogP contribution >= 0.6 is 0 Å². The van der Waals surface area contributed by atoms with E-state index in [4.69, 9.17) is 4.74 Å². The molecular formula is C19H30N4O2. The lowest BCUT2D eigenvalue weighted by Crippen LogP contribution is -2.41. The van der Waals surface area contributed by atoms with Crippen molar-refractivity contribution in [2.45, 2.75) is 33.1 Å². The van der Waals surface area contributed by atoms with Crippen LogP contribution in [0, 0.1) is 12.8 Å². The standard InChI is InChI=1S/C19H30N4O2/c1-3-20-19(23-13-12-21-18(24)16-7-8-16)22-11-4-14-25-17-9-5-15(2)6-10-17/h5-6,9-10,16H,3-4,7-8,11-14H2,1-2H3,(H,21,24)(H2,20,22,23). The van der Waals surface area contributed by atoms with Gasteiger partial charge in [0.05, 0.1) is 6.61 Å². The van der Waals surface area contributed by atoms with Crippen molar-refractivity contribution in [1.82, 2.24) is 16.0 Å². The molecule has 0 radical (unpaired) electrons. The number of hydrogen-bond acceptors (Lipinski definition) is 3. The van der Waals surface area contributed by atoms with Gasteiger partial charge >= 0.3 is 0 Å². The maximum Gasteiger partial charge on any atom is 0.223 e. The van der Waals surface area contributed by atoms with E-state index < -0.39 is 0 Å². The maximum atomic E-state index is 11.6. The Kier molecular flexibility index (Phi) is 8.09. The summed E-state index contributed by atoms with van der Waals surface area (Å²) in [5.41, 5.74) is 1.23. The Balaban J connectivity index is 1.59. The van der Waals surface area contributed by atoms with Crippen LogP contribution in [0.15, 0.2) is 29.3 Å². The van der Waals surface area contributed by atoms with Gasteiger partial charge in [0, 0.05) is 38.5 Å². The third-order valence-electron chi connectivity index (χ3n) is 3.87. The second-order valence-electron chi connectivity index (χ2n) is 6.27. The molecule has 1 aliphatic carbocycles. The summed E-state index contributed by atoms with van der Waals surface area (Å²) in [7, 11) is 0. The van der Waals surface area contributed by atoms with E-state index in [-0.39, 0.29) is 11.8 Å². The molecule has 6 nitrogen and oxygen atoms in total. The van der Waals surface area contributed by atoms with E-state index in [2.05, 4.69) is 27.9 Å². The number of aliphatic imine (C=N–C) groups is 1. The minimum atomic E-state index is 0.178. The molecule has 1 fully saturated rings. The molecule has 1 amide bonds. The molecule has 0 unspecified atom stereocenters. The number of guanidine groups is 1. The number of rotatable bonds is 10. The van der Waals surface area contributed by atoms with Crippen molar-refractivity contribution in [3.05, 3.63) is 29.8 Å². The first-order valence-electron chi connectivity index (χ1n) is 9.18. The highest BCUT2D eigenvalue weighted by Crippen LogP contribution is 2.28. The van der Waals surface area contributed by atoms with Gasteiger partial charge in [0.25, 0.3) is 0 Å². The minimum absolute atomic E-state index is 0.178. The van der Waals surface area contributed by atoms with Crippen molar-refractivity contribution < 1.29 is 9.53 Å². The van der Waals surface area contributed by atoms with Crippen LogP contribution in [-0.2, 0) is 4.79 Å². The second-order valence-corrected chi connectivity index (χ2v) is 6.27. The molecule has 1 aromatic rings. The number of nitrogens with one attached hydrogen (secondary N) is 3. The predicted octanol–water partition coefficient (Wildman–Crippen LogP) is 1.85. The normalized spacial score (nSPS) is 14.1. The van der Waals surface area contributed by atoms with Gasteiger partial charge in [-0.1, -0.05) is 17.7 Å². The Hall–Kier alpha value is -2.24. The number of nitrogens with zero attached hydrogens (tertiary/aromatic N) is 1. The van der Waals surface area contributed by atoms with E-state index in [9.17, 15) is 4.79 Å². The first-order valence-corrected chi connectivity index (χ1v) is 9.18. The highest BCUT2D eigenvalue weighted by Gasteiger charge is 2.28. The molecule has 0 saturated heterocycles. The first-order chi connectivity index (χ1) is 12.2. The Morgan fingerprint density at radius 1 is 1.16 bits per heavy atom. The van der Waals surface area contributed by atoms with E-state index in [0.29, 0.717) is 26.2 Å². The Bertz CT molecular complexity index is 553. The van der Waals surface area contributed by atoms with E-state index in [1.165, 1.54) is 5.56 Å². The van der Waals surface area contributed by atoms with Crippen LogP contribution in [-0.4, -0.2) is 44.7 Å². The molecular weight excluding hydrogens is 316 g/mol. The molecule has 0 heterocycles. The van der Waals surface area contributed by atoms with Crippen LogP contribution in [0.3, 0.4) is 0 Å². The monoisotopic (exact) mass is 346 g/mol. The van der Waals surface area contributed by atoms with Crippen molar-refractivity contribution in [1.29, 1.82) is 0 Å². The zero-order valence-electron chi connectivity index (χ0n) is 15.3. The third-order valence-corrected chi connectivity index (χ3v) is 3.87. The van der Waals surface area contributed by atoms with Crippen molar-refractivity contribution in [3.8, 4) is 5.75 Å². The molecule has 25 heavy (non-hydrogen) atoms. The van der Waals surface area contributed by atoms with Gasteiger partial charge in [-0.2, -0.15) is 0 Å². The van der Waals surface area contributed by atoms with E-state index in [0.717, 1.165) is 37.5 Å². The lowest BCUT2D eigenvalue weighted by atomic mass is 10.2. The second kappa shape index (κ2) is 10.6. The van der Waals surface area contributed by atoms with Gasteiger partial charge in [0.15, 0.2) is 5.96 Å². The summed E-state index contributed by atoms with van der Waals surface area (Å²) in [5.74, 6) is 2.11. The number of carbonyl (C=O) groups is 1. The lowest BCUT2D eigenvalue weighted by Gasteiger charge is -2.12. The van der Waals surface area contributed by atoms with Gasteiger partial charge in [-0.25, -0.2) is 0 Å². The molecule has 138 valence electrons. The topological polar surface area (TPSA) is 74.8 Å². The summed E-state index contributed by atoms with van der Waals surface area (Å²) >= 11 is 0. The van der Waals surface area contributed by atoms with Crippen molar-refractivity contribution >= 4 is 11.9 Å². The molecule has 6 heteroatoms.